The number of aromatic hydroxyl groups is 1. The van der Waals surface area contributed by atoms with Crippen molar-refractivity contribution in [2.45, 2.75) is 5.41 Å². The quantitative estimate of drug-likeness (QED) is 0.191. The second kappa shape index (κ2) is 9.68. The summed E-state index contributed by atoms with van der Waals surface area (Å²) >= 11 is 0. The summed E-state index contributed by atoms with van der Waals surface area (Å²) in [6.07, 6.45) is 1.63. The van der Waals surface area contributed by atoms with Gasteiger partial charge in [-0.2, -0.15) is 0 Å². The maximum absolute atomic E-state index is 11.2. The Morgan fingerprint density at radius 3 is 2.20 bits per heavy atom. The molecule has 1 N–H and O–H groups in total. The van der Waals surface area contributed by atoms with E-state index in [2.05, 4.69) is 46.4 Å². The zero-order valence-electron chi connectivity index (χ0n) is 21.4. The van der Waals surface area contributed by atoms with Crippen molar-refractivity contribution in [3.63, 3.8) is 0 Å². The molecule has 8 rings (SSSR count). The van der Waals surface area contributed by atoms with Crippen molar-refractivity contribution in [2.24, 2.45) is 0 Å². The van der Waals surface area contributed by atoms with Crippen molar-refractivity contribution < 1.29 is 35.3 Å². The van der Waals surface area contributed by atoms with Gasteiger partial charge < -0.3 is 19.2 Å². The number of rotatable bonds is 4. The third-order valence-electron chi connectivity index (χ3n) is 7.56. The summed E-state index contributed by atoms with van der Waals surface area (Å²) in [6.45, 7) is 0. The predicted octanol–water partition coefficient (Wildman–Crippen LogP) is 7.43. The molecule has 1 aliphatic rings. The monoisotopic (exact) mass is 713 g/mol. The smallest absolute Gasteiger partial charge is 0.221 e. The summed E-state index contributed by atoms with van der Waals surface area (Å²) in [5.74, 6) is 0.906. The number of benzene rings is 3. The van der Waals surface area contributed by atoms with E-state index in [0.717, 1.165) is 22.3 Å². The Bertz CT molecular complexity index is 2020. The van der Waals surface area contributed by atoms with Gasteiger partial charge in [0.05, 0.1) is 11.1 Å². The van der Waals surface area contributed by atoms with Crippen LogP contribution in [0.3, 0.4) is 0 Å². The van der Waals surface area contributed by atoms with Gasteiger partial charge in [-0.25, -0.2) is 4.98 Å². The zero-order valence-corrected chi connectivity index (χ0v) is 23.7. The van der Waals surface area contributed by atoms with E-state index in [4.69, 9.17) is 14.1 Å². The number of phenolic OH excluding ortho intramolecular Hbond substituents is 1. The first-order valence-corrected chi connectivity index (χ1v) is 12.9. The van der Waals surface area contributed by atoms with E-state index in [0.29, 0.717) is 45.2 Å². The molecule has 3 aromatic carbocycles. The SMILES string of the molecule is Oc1cccc2c1-c1nc(Oc3ccc4oc5ncc[c-]c5c4n3)ccc1C2(c1ccccc1)c1ccccc1.[Pt]. The Labute approximate surface area is 249 Å². The first kappa shape index (κ1) is 25.2. The van der Waals surface area contributed by atoms with Crippen LogP contribution in [0.2, 0.25) is 0 Å². The first-order valence-electron chi connectivity index (χ1n) is 12.9. The third kappa shape index (κ3) is 3.71. The van der Waals surface area contributed by atoms with Crippen LogP contribution in [0.1, 0.15) is 22.3 Å². The van der Waals surface area contributed by atoms with Crippen LogP contribution in [-0.2, 0) is 26.5 Å². The van der Waals surface area contributed by atoms with Gasteiger partial charge in [0.15, 0.2) is 0 Å². The molecule has 7 aromatic rings. The standard InChI is InChI=1S/C34H20N3O3.Pt/c38-26-15-7-14-24-30(26)32-25(34(24,21-9-3-1-4-10-21)22-11-5-2-6-12-22)16-18-28(37-32)40-29-19-17-27-31(36-29)23-13-8-20-35-33(23)39-27;/h1-12,14-20,38H;/q-1;. The van der Waals surface area contributed by atoms with Crippen LogP contribution >= 0.6 is 0 Å². The molecular formula is C34H20N3O3Pt-. The minimum atomic E-state index is -0.660. The van der Waals surface area contributed by atoms with Gasteiger partial charge >= 0.3 is 0 Å². The minimum Gasteiger partial charge on any atom is -0.507 e. The number of hydrogen-bond acceptors (Lipinski definition) is 6. The molecule has 4 aromatic heterocycles. The molecule has 0 saturated carbocycles. The topological polar surface area (TPSA) is 81.3 Å². The Morgan fingerprint density at radius 1 is 0.732 bits per heavy atom. The predicted molar refractivity (Wildman–Crippen MR) is 151 cm³/mol. The van der Waals surface area contributed by atoms with Crippen LogP contribution in [0.15, 0.2) is 120 Å². The number of fused-ring (bicyclic) bond motifs is 6. The minimum absolute atomic E-state index is 0. The van der Waals surface area contributed by atoms with E-state index >= 15 is 0 Å². The number of aromatic nitrogens is 3. The van der Waals surface area contributed by atoms with Crippen LogP contribution in [0.4, 0.5) is 0 Å². The van der Waals surface area contributed by atoms with E-state index in [9.17, 15) is 5.11 Å². The molecule has 0 amide bonds. The molecule has 0 unspecified atom stereocenters. The number of hydrogen-bond donors (Lipinski definition) is 1. The van der Waals surface area contributed by atoms with E-state index < -0.39 is 5.41 Å². The van der Waals surface area contributed by atoms with E-state index in [1.54, 1.807) is 30.5 Å². The van der Waals surface area contributed by atoms with Crippen LogP contribution in [0.5, 0.6) is 17.5 Å². The maximum Gasteiger partial charge on any atom is 0.221 e. The van der Waals surface area contributed by atoms with Crippen LogP contribution in [0, 0.1) is 6.07 Å². The second-order valence-electron chi connectivity index (χ2n) is 9.70. The van der Waals surface area contributed by atoms with Gasteiger partial charge in [0.1, 0.15) is 17.0 Å². The Morgan fingerprint density at radius 2 is 1.44 bits per heavy atom. The molecule has 0 atom stereocenters. The molecular weight excluding hydrogens is 693 g/mol. The fourth-order valence-electron chi connectivity index (χ4n) is 5.96. The molecule has 1 aliphatic carbocycles. The number of furan rings is 1. The van der Waals surface area contributed by atoms with Crippen LogP contribution in [0.25, 0.3) is 33.5 Å². The maximum atomic E-state index is 11.2. The van der Waals surface area contributed by atoms with E-state index in [1.807, 2.05) is 54.6 Å². The van der Waals surface area contributed by atoms with Gasteiger partial charge in [-0.3, -0.25) is 4.98 Å². The van der Waals surface area contributed by atoms with Gasteiger partial charge in [0.25, 0.3) is 0 Å². The Kier molecular flexibility index (Phi) is 5.95. The van der Waals surface area contributed by atoms with Crippen molar-refractivity contribution in [2.75, 3.05) is 0 Å². The largest absolute Gasteiger partial charge is 0.507 e. The molecule has 200 valence electrons. The summed E-state index contributed by atoms with van der Waals surface area (Å²) in [6, 6.07) is 38.7. The summed E-state index contributed by atoms with van der Waals surface area (Å²) in [7, 11) is 0. The molecule has 0 radical (unpaired) electrons. The molecule has 0 spiro atoms. The molecule has 0 aliphatic heterocycles. The van der Waals surface area contributed by atoms with Gasteiger partial charge in [0, 0.05) is 44.3 Å². The number of phenols is 1. The molecule has 7 heteroatoms. The zero-order chi connectivity index (χ0) is 26.7. The molecule has 6 nitrogen and oxygen atoms in total. The normalized spacial score (nSPS) is 13.0. The van der Waals surface area contributed by atoms with Crippen molar-refractivity contribution >= 4 is 22.2 Å². The second-order valence-corrected chi connectivity index (χ2v) is 9.70. The van der Waals surface area contributed by atoms with Crippen LogP contribution < -0.4 is 4.74 Å². The van der Waals surface area contributed by atoms with Gasteiger partial charge in [-0.15, -0.1) is 12.1 Å². The van der Waals surface area contributed by atoms with Crippen LogP contribution in [-0.4, -0.2) is 20.1 Å². The van der Waals surface area contributed by atoms with Crippen molar-refractivity contribution in [3.05, 3.63) is 144 Å². The molecule has 0 bridgehead atoms. The van der Waals surface area contributed by atoms with Gasteiger partial charge in [-0.1, -0.05) is 84.4 Å². The van der Waals surface area contributed by atoms with E-state index in [-0.39, 0.29) is 26.8 Å². The fourth-order valence-corrected chi connectivity index (χ4v) is 5.96. The molecule has 41 heavy (non-hydrogen) atoms. The average Bonchev–Trinajstić information content (AvgIpc) is 3.52. The van der Waals surface area contributed by atoms with Gasteiger partial charge in [0.2, 0.25) is 11.8 Å². The molecule has 4 heterocycles. The first-order chi connectivity index (χ1) is 19.7. The summed E-state index contributed by atoms with van der Waals surface area (Å²) in [5, 5.41) is 11.9. The number of pyridine rings is 3. The summed E-state index contributed by atoms with van der Waals surface area (Å²) in [5.41, 5.74) is 6.53. The number of ether oxygens (including phenoxy) is 1. The molecule has 0 saturated heterocycles. The Balaban J connectivity index is 0.00000276. The van der Waals surface area contributed by atoms with E-state index in [1.165, 1.54) is 0 Å². The summed E-state index contributed by atoms with van der Waals surface area (Å²) in [4.78, 5) is 13.9. The Hall–Kier alpha value is -4.80. The molecule has 0 fully saturated rings. The van der Waals surface area contributed by atoms with Crippen molar-refractivity contribution in [1.29, 1.82) is 0 Å². The summed E-state index contributed by atoms with van der Waals surface area (Å²) < 4.78 is 12.0. The number of nitrogens with zero attached hydrogens (tertiary/aromatic N) is 3. The fraction of sp³-hybridized carbons (Fsp3) is 0.0294. The van der Waals surface area contributed by atoms with Gasteiger partial charge in [-0.05, 0) is 40.5 Å². The average molecular weight is 714 g/mol. The third-order valence-corrected chi connectivity index (χ3v) is 7.56. The van der Waals surface area contributed by atoms with Crippen molar-refractivity contribution in [3.8, 4) is 28.8 Å². The van der Waals surface area contributed by atoms with Crippen molar-refractivity contribution in [1.82, 2.24) is 15.0 Å².